The first-order valence-corrected chi connectivity index (χ1v) is 6.13. The third kappa shape index (κ3) is 2.46. The third-order valence-corrected chi connectivity index (χ3v) is 3.03. The number of carbonyl (C=O) groups is 1. The third-order valence-electron chi connectivity index (χ3n) is 3.03. The normalized spacial score (nSPS) is 12.6. The molecule has 6 heteroatoms. The molecule has 0 spiro atoms. The lowest BCUT2D eigenvalue weighted by molar-refractivity contribution is 0.0694. The monoisotopic (exact) mass is 275 g/mol. The second kappa shape index (κ2) is 5.26. The second-order valence-corrected chi connectivity index (χ2v) is 4.35. The first-order valence-electron chi connectivity index (χ1n) is 6.13. The Labute approximate surface area is 114 Å². The molecule has 20 heavy (non-hydrogen) atoms. The van der Waals surface area contributed by atoms with Gasteiger partial charge in [-0.1, -0.05) is 6.07 Å². The zero-order valence-corrected chi connectivity index (χ0v) is 10.6. The lowest BCUT2D eigenvalue weighted by atomic mass is 10.2. The molecule has 1 aliphatic heterocycles. The summed E-state index contributed by atoms with van der Waals surface area (Å²) in [5, 5.41) is 12.1. The Bertz CT molecular complexity index is 634. The molecule has 1 aromatic carbocycles. The van der Waals surface area contributed by atoms with E-state index in [1.807, 2.05) is 18.2 Å². The molecule has 3 rings (SSSR count). The molecule has 2 N–H and O–H groups in total. The van der Waals surface area contributed by atoms with Gasteiger partial charge in [0.15, 0.2) is 11.5 Å². The molecule has 0 bridgehead atoms. The fourth-order valence-electron chi connectivity index (χ4n) is 2.04. The van der Waals surface area contributed by atoms with Crippen LogP contribution in [-0.2, 0) is 13.1 Å². The van der Waals surface area contributed by atoms with E-state index in [1.165, 1.54) is 12.3 Å². The van der Waals surface area contributed by atoms with Crippen molar-refractivity contribution in [3.05, 3.63) is 47.4 Å². The minimum absolute atomic E-state index is 0.184. The number of hydrogen-bond acceptors (Lipinski definition) is 5. The van der Waals surface area contributed by atoms with E-state index in [4.69, 9.17) is 19.0 Å². The van der Waals surface area contributed by atoms with Crippen LogP contribution >= 0.6 is 0 Å². The summed E-state index contributed by atoms with van der Waals surface area (Å²) in [5.74, 6) is 0.901. The zero-order valence-electron chi connectivity index (χ0n) is 10.6. The number of fused-ring (bicyclic) bond motifs is 1. The van der Waals surface area contributed by atoms with Crippen LogP contribution in [0.15, 0.2) is 34.9 Å². The van der Waals surface area contributed by atoms with Gasteiger partial charge < -0.3 is 24.3 Å². The number of aromatic carboxylic acids is 1. The fourth-order valence-corrected chi connectivity index (χ4v) is 2.04. The Morgan fingerprint density at radius 3 is 2.90 bits per heavy atom. The fraction of sp³-hybridized carbons (Fsp3) is 0.214. The van der Waals surface area contributed by atoms with Crippen LogP contribution in [0.2, 0.25) is 0 Å². The topological polar surface area (TPSA) is 80.9 Å². The number of hydrogen-bond donors (Lipinski definition) is 2. The van der Waals surface area contributed by atoms with Crippen LogP contribution in [0.5, 0.6) is 11.5 Å². The molecule has 6 nitrogen and oxygen atoms in total. The summed E-state index contributed by atoms with van der Waals surface area (Å²) < 4.78 is 15.7. The van der Waals surface area contributed by atoms with Crippen LogP contribution in [0.25, 0.3) is 0 Å². The second-order valence-electron chi connectivity index (χ2n) is 4.35. The Balaban J connectivity index is 1.60. The summed E-state index contributed by atoms with van der Waals surface area (Å²) in [4.78, 5) is 10.9. The molecule has 0 atom stereocenters. The van der Waals surface area contributed by atoms with Gasteiger partial charge in [0.25, 0.3) is 0 Å². The molecule has 0 aliphatic carbocycles. The highest BCUT2D eigenvalue weighted by Crippen LogP contribution is 2.32. The highest BCUT2D eigenvalue weighted by Gasteiger charge is 2.14. The van der Waals surface area contributed by atoms with Gasteiger partial charge in [-0.2, -0.15) is 0 Å². The van der Waals surface area contributed by atoms with Crippen LogP contribution in [0.1, 0.15) is 21.7 Å². The van der Waals surface area contributed by atoms with Gasteiger partial charge in [0.05, 0.1) is 12.8 Å². The van der Waals surface area contributed by atoms with Crippen molar-refractivity contribution >= 4 is 5.97 Å². The summed E-state index contributed by atoms with van der Waals surface area (Å²) in [5.41, 5.74) is 1.21. The van der Waals surface area contributed by atoms with Crippen LogP contribution in [-0.4, -0.2) is 17.9 Å². The van der Waals surface area contributed by atoms with Gasteiger partial charge in [-0.05, 0) is 23.8 Å². The maximum atomic E-state index is 10.9. The molecular weight excluding hydrogens is 262 g/mol. The van der Waals surface area contributed by atoms with E-state index in [0.29, 0.717) is 18.8 Å². The van der Waals surface area contributed by atoms with E-state index in [0.717, 1.165) is 17.1 Å². The van der Waals surface area contributed by atoms with Crippen LogP contribution in [0, 0.1) is 0 Å². The molecule has 2 heterocycles. The largest absolute Gasteiger partial charge is 0.478 e. The number of rotatable bonds is 5. The van der Waals surface area contributed by atoms with E-state index >= 15 is 0 Å². The van der Waals surface area contributed by atoms with Crippen molar-refractivity contribution in [2.75, 3.05) is 6.79 Å². The summed E-state index contributed by atoms with van der Waals surface area (Å²) in [7, 11) is 0. The quantitative estimate of drug-likeness (QED) is 0.868. The molecule has 0 saturated carbocycles. The van der Waals surface area contributed by atoms with Gasteiger partial charge in [0, 0.05) is 6.54 Å². The number of carboxylic acid groups (broad SMARTS) is 1. The molecule has 2 aromatic rings. The van der Waals surface area contributed by atoms with Gasteiger partial charge >= 0.3 is 5.97 Å². The predicted molar refractivity (Wildman–Crippen MR) is 68.8 cm³/mol. The van der Waals surface area contributed by atoms with Gasteiger partial charge in [-0.3, -0.25) is 0 Å². The molecule has 1 aromatic heterocycles. The van der Waals surface area contributed by atoms with Gasteiger partial charge in [-0.25, -0.2) is 4.79 Å². The molecule has 1 aliphatic rings. The Morgan fingerprint density at radius 1 is 1.20 bits per heavy atom. The van der Waals surface area contributed by atoms with E-state index in [9.17, 15) is 4.79 Å². The number of nitrogens with one attached hydrogen (secondary N) is 1. The van der Waals surface area contributed by atoms with Crippen molar-refractivity contribution in [2.24, 2.45) is 0 Å². The highest BCUT2D eigenvalue weighted by molar-refractivity contribution is 5.88. The first-order chi connectivity index (χ1) is 9.74. The maximum absolute atomic E-state index is 10.9. The summed E-state index contributed by atoms with van der Waals surface area (Å²) >= 11 is 0. The molecule has 0 radical (unpaired) electrons. The lowest BCUT2D eigenvalue weighted by Gasteiger charge is -2.05. The van der Waals surface area contributed by atoms with Crippen LogP contribution in [0.4, 0.5) is 0 Å². The Morgan fingerprint density at radius 2 is 2.05 bits per heavy atom. The first kappa shape index (κ1) is 12.6. The van der Waals surface area contributed by atoms with Gasteiger partial charge in [-0.15, -0.1) is 0 Å². The zero-order chi connectivity index (χ0) is 13.9. The van der Waals surface area contributed by atoms with Crippen molar-refractivity contribution in [3.8, 4) is 11.5 Å². The minimum Gasteiger partial charge on any atom is -0.478 e. The van der Waals surface area contributed by atoms with Crippen LogP contribution < -0.4 is 14.8 Å². The van der Waals surface area contributed by atoms with E-state index in [-0.39, 0.29) is 12.4 Å². The molecular formula is C14H13NO5. The molecule has 0 fully saturated rings. The van der Waals surface area contributed by atoms with Crippen LogP contribution in [0.3, 0.4) is 0 Å². The van der Waals surface area contributed by atoms with E-state index < -0.39 is 5.97 Å². The minimum atomic E-state index is -0.987. The Kier molecular flexibility index (Phi) is 3.30. The molecule has 0 saturated heterocycles. The van der Waals surface area contributed by atoms with Gasteiger partial charge in [0.2, 0.25) is 6.79 Å². The van der Waals surface area contributed by atoms with Crippen molar-refractivity contribution < 1.29 is 23.8 Å². The van der Waals surface area contributed by atoms with E-state index in [2.05, 4.69) is 5.32 Å². The average Bonchev–Trinajstić information content (AvgIpc) is 3.06. The highest BCUT2D eigenvalue weighted by atomic mass is 16.7. The van der Waals surface area contributed by atoms with Gasteiger partial charge in [0.1, 0.15) is 11.3 Å². The van der Waals surface area contributed by atoms with Crippen molar-refractivity contribution in [2.45, 2.75) is 13.1 Å². The number of benzene rings is 1. The number of ether oxygens (including phenoxy) is 2. The van der Waals surface area contributed by atoms with Crippen molar-refractivity contribution in [1.29, 1.82) is 0 Å². The SMILES string of the molecule is O=C(O)c1ccoc1CNCc1ccc2c(c1)OCO2. The summed E-state index contributed by atoms with van der Waals surface area (Å²) in [6.07, 6.45) is 1.38. The van der Waals surface area contributed by atoms with Crippen molar-refractivity contribution in [3.63, 3.8) is 0 Å². The van der Waals surface area contributed by atoms with E-state index in [1.54, 1.807) is 0 Å². The number of furan rings is 1. The molecule has 0 unspecified atom stereocenters. The smallest absolute Gasteiger partial charge is 0.339 e. The Hall–Kier alpha value is -2.47. The predicted octanol–water partition coefficient (Wildman–Crippen LogP) is 2.00. The lowest BCUT2D eigenvalue weighted by Crippen LogP contribution is -2.14. The average molecular weight is 275 g/mol. The maximum Gasteiger partial charge on any atom is 0.339 e. The molecule has 0 amide bonds. The number of carboxylic acids is 1. The standard InChI is InChI=1S/C14H13NO5/c16-14(17)10-3-4-18-13(10)7-15-6-9-1-2-11-12(5-9)20-8-19-11/h1-5,15H,6-8H2,(H,16,17). The summed E-state index contributed by atoms with van der Waals surface area (Å²) in [6.45, 7) is 1.18. The van der Waals surface area contributed by atoms with Crippen molar-refractivity contribution in [1.82, 2.24) is 5.32 Å². The molecule has 104 valence electrons. The summed E-state index contributed by atoms with van der Waals surface area (Å²) in [6, 6.07) is 7.13.